The van der Waals surface area contributed by atoms with Gasteiger partial charge in [0.2, 0.25) is 0 Å². The van der Waals surface area contributed by atoms with Crippen molar-refractivity contribution in [2.24, 2.45) is 0 Å². The van der Waals surface area contributed by atoms with E-state index in [9.17, 15) is 4.79 Å². The molecular weight excluding hydrogens is 266 g/mol. The average Bonchev–Trinajstić information content (AvgIpc) is 2.35. The maximum Gasteiger partial charge on any atom is 0.253 e. The van der Waals surface area contributed by atoms with E-state index in [1.807, 2.05) is 36.1 Å². The molecule has 0 aromatic heterocycles. The fraction of sp³-hybridized carbons (Fsp3) is 0.462. The lowest BCUT2D eigenvalue weighted by atomic mass is 10.1. The van der Waals surface area contributed by atoms with Gasteiger partial charge in [0.1, 0.15) is 0 Å². The molecule has 0 saturated carbocycles. The van der Waals surface area contributed by atoms with Gasteiger partial charge in [-0.2, -0.15) is 0 Å². The zero-order valence-electron chi connectivity index (χ0n) is 9.87. The van der Waals surface area contributed by atoms with E-state index in [-0.39, 0.29) is 5.91 Å². The van der Waals surface area contributed by atoms with E-state index in [0.29, 0.717) is 0 Å². The van der Waals surface area contributed by atoms with Gasteiger partial charge in [0, 0.05) is 24.0 Å². The van der Waals surface area contributed by atoms with Crippen molar-refractivity contribution >= 4 is 21.8 Å². The van der Waals surface area contributed by atoms with Crippen molar-refractivity contribution in [1.82, 2.24) is 4.90 Å². The van der Waals surface area contributed by atoms with E-state index in [1.165, 1.54) is 5.56 Å². The summed E-state index contributed by atoms with van der Waals surface area (Å²) < 4.78 is 0. The van der Waals surface area contributed by atoms with Crippen LogP contribution in [0.5, 0.6) is 0 Å². The van der Waals surface area contributed by atoms with E-state index < -0.39 is 0 Å². The van der Waals surface area contributed by atoms with Gasteiger partial charge in [-0.1, -0.05) is 35.0 Å². The number of carbonyl (C=O) groups excluding carboxylic acids is 1. The lowest BCUT2D eigenvalue weighted by molar-refractivity contribution is 0.0764. The quantitative estimate of drug-likeness (QED) is 0.758. The second-order valence-corrected chi connectivity index (χ2v) is 4.28. The van der Waals surface area contributed by atoms with Crippen LogP contribution in [0.25, 0.3) is 0 Å². The number of rotatable bonds is 5. The zero-order valence-corrected chi connectivity index (χ0v) is 11.5. The van der Waals surface area contributed by atoms with Crippen LogP contribution >= 0.6 is 15.9 Å². The van der Waals surface area contributed by atoms with E-state index in [4.69, 9.17) is 0 Å². The molecule has 0 heterocycles. The van der Waals surface area contributed by atoms with Gasteiger partial charge in [0.25, 0.3) is 5.91 Å². The molecule has 2 nitrogen and oxygen atoms in total. The zero-order chi connectivity index (χ0) is 12.0. The fourth-order valence-electron chi connectivity index (χ4n) is 1.59. The maximum absolute atomic E-state index is 12.1. The highest BCUT2D eigenvalue weighted by Gasteiger charge is 2.12. The standard InChI is InChI=1S/C13H18BrNO/c1-3-9-15(4-2)13(16)12-7-5-11(10-14)6-8-12/h5-8H,3-4,9-10H2,1-2H3. The van der Waals surface area contributed by atoms with Crippen molar-refractivity contribution in [2.45, 2.75) is 25.6 Å². The molecule has 1 aromatic carbocycles. The molecule has 0 fully saturated rings. The third-order valence-corrected chi connectivity index (χ3v) is 3.17. The predicted molar refractivity (Wildman–Crippen MR) is 70.9 cm³/mol. The summed E-state index contributed by atoms with van der Waals surface area (Å²) >= 11 is 3.39. The third kappa shape index (κ3) is 3.34. The summed E-state index contributed by atoms with van der Waals surface area (Å²) in [6, 6.07) is 7.78. The maximum atomic E-state index is 12.1. The van der Waals surface area contributed by atoms with Gasteiger partial charge in [-0.3, -0.25) is 4.79 Å². The molecule has 0 atom stereocenters. The Morgan fingerprint density at radius 1 is 1.25 bits per heavy atom. The minimum atomic E-state index is 0.130. The Hall–Kier alpha value is -0.830. The Bertz CT molecular complexity index is 334. The van der Waals surface area contributed by atoms with Gasteiger partial charge in [0.15, 0.2) is 0 Å². The molecule has 0 spiro atoms. The number of amides is 1. The highest BCUT2D eigenvalue weighted by molar-refractivity contribution is 9.08. The minimum absolute atomic E-state index is 0.130. The van der Waals surface area contributed by atoms with Crippen LogP contribution in [0, 0.1) is 0 Å². The summed E-state index contributed by atoms with van der Waals surface area (Å²) in [5.74, 6) is 0.130. The second kappa shape index (κ2) is 6.69. The van der Waals surface area contributed by atoms with Gasteiger partial charge in [-0.15, -0.1) is 0 Å². The van der Waals surface area contributed by atoms with Crippen LogP contribution in [0.1, 0.15) is 36.2 Å². The predicted octanol–water partition coefficient (Wildman–Crippen LogP) is 3.45. The molecule has 0 aliphatic carbocycles. The second-order valence-electron chi connectivity index (χ2n) is 3.72. The molecule has 0 aliphatic rings. The first-order valence-corrected chi connectivity index (χ1v) is 6.79. The molecule has 16 heavy (non-hydrogen) atoms. The molecule has 0 saturated heterocycles. The topological polar surface area (TPSA) is 20.3 Å². The molecule has 1 rings (SSSR count). The van der Waals surface area contributed by atoms with E-state index in [1.54, 1.807) is 0 Å². The first kappa shape index (κ1) is 13.2. The average molecular weight is 284 g/mol. The Kier molecular flexibility index (Phi) is 5.53. The van der Waals surface area contributed by atoms with E-state index in [0.717, 1.165) is 30.4 Å². The Balaban J connectivity index is 2.78. The van der Waals surface area contributed by atoms with Crippen molar-refractivity contribution in [3.63, 3.8) is 0 Å². The fourth-order valence-corrected chi connectivity index (χ4v) is 1.97. The lowest BCUT2D eigenvalue weighted by Gasteiger charge is -2.20. The summed E-state index contributed by atoms with van der Waals surface area (Å²) in [6.45, 7) is 5.70. The van der Waals surface area contributed by atoms with Gasteiger partial charge in [-0.25, -0.2) is 0 Å². The molecule has 0 radical (unpaired) electrons. The molecule has 1 amide bonds. The molecule has 0 aliphatic heterocycles. The van der Waals surface area contributed by atoms with Crippen molar-refractivity contribution in [2.75, 3.05) is 13.1 Å². The highest BCUT2D eigenvalue weighted by Crippen LogP contribution is 2.10. The van der Waals surface area contributed by atoms with Crippen molar-refractivity contribution < 1.29 is 4.79 Å². The van der Waals surface area contributed by atoms with Crippen LogP contribution in [0.4, 0.5) is 0 Å². The number of alkyl halides is 1. The monoisotopic (exact) mass is 283 g/mol. The molecule has 3 heteroatoms. The van der Waals surface area contributed by atoms with Crippen LogP contribution in [0.3, 0.4) is 0 Å². The van der Waals surface area contributed by atoms with Crippen LogP contribution in [-0.2, 0) is 5.33 Å². The Labute approximate surface area is 106 Å². The minimum Gasteiger partial charge on any atom is -0.339 e. The van der Waals surface area contributed by atoms with Crippen molar-refractivity contribution in [3.8, 4) is 0 Å². The van der Waals surface area contributed by atoms with Gasteiger partial charge in [-0.05, 0) is 31.0 Å². The summed E-state index contributed by atoms with van der Waals surface area (Å²) in [5, 5.41) is 0.827. The number of halogens is 1. The summed E-state index contributed by atoms with van der Waals surface area (Å²) in [7, 11) is 0. The first-order chi connectivity index (χ1) is 7.72. The van der Waals surface area contributed by atoms with Gasteiger partial charge < -0.3 is 4.90 Å². The normalized spacial score (nSPS) is 10.2. The van der Waals surface area contributed by atoms with Gasteiger partial charge >= 0.3 is 0 Å². The SMILES string of the molecule is CCCN(CC)C(=O)c1ccc(CBr)cc1. The van der Waals surface area contributed by atoms with Crippen LogP contribution in [0.15, 0.2) is 24.3 Å². The third-order valence-electron chi connectivity index (χ3n) is 2.52. The van der Waals surface area contributed by atoms with Crippen LogP contribution < -0.4 is 0 Å². The number of hydrogen-bond acceptors (Lipinski definition) is 1. The Morgan fingerprint density at radius 2 is 1.88 bits per heavy atom. The smallest absolute Gasteiger partial charge is 0.253 e. The first-order valence-electron chi connectivity index (χ1n) is 5.67. The molecule has 88 valence electrons. The summed E-state index contributed by atoms with van der Waals surface area (Å²) in [6.07, 6.45) is 0.999. The molecule has 1 aromatic rings. The molecule has 0 N–H and O–H groups in total. The molecule has 0 unspecified atom stereocenters. The molecular formula is C13H18BrNO. The lowest BCUT2D eigenvalue weighted by Crippen LogP contribution is -2.31. The Morgan fingerprint density at radius 3 is 2.31 bits per heavy atom. The number of carbonyl (C=O) groups is 1. The van der Waals surface area contributed by atoms with Crippen LogP contribution in [0.2, 0.25) is 0 Å². The highest BCUT2D eigenvalue weighted by atomic mass is 79.9. The van der Waals surface area contributed by atoms with Crippen LogP contribution in [-0.4, -0.2) is 23.9 Å². The van der Waals surface area contributed by atoms with E-state index >= 15 is 0 Å². The van der Waals surface area contributed by atoms with Gasteiger partial charge in [0.05, 0.1) is 0 Å². The van der Waals surface area contributed by atoms with E-state index in [2.05, 4.69) is 22.9 Å². The van der Waals surface area contributed by atoms with Crippen molar-refractivity contribution in [1.29, 1.82) is 0 Å². The largest absolute Gasteiger partial charge is 0.339 e. The summed E-state index contributed by atoms with van der Waals surface area (Å²) in [4.78, 5) is 14.0. The number of benzene rings is 1. The summed E-state index contributed by atoms with van der Waals surface area (Å²) in [5.41, 5.74) is 1.97. The number of nitrogens with zero attached hydrogens (tertiary/aromatic N) is 1. The van der Waals surface area contributed by atoms with Crippen molar-refractivity contribution in [3.05, 3.63) is 35.4 Å². The number of hydrogen-bond donors (Lipinski definition) is 0. The molecule has 0 bridgehead atoms.